The molecule has 8 heteroatoms. The minimum atomic E-state index is -2.89. The van der Waals surface area contributed by atoms with Crippen molar-refractivity contribution in [2.24, 2.45) is 4.99 Å². The lowest BCUT2D eigenvalue weighted by Crippen LogP contribution is -2.45. The number of esters is 1. The van der Waals surface area contributed by atoms with Crippen LogP contribution in [0.3, 0.4) is 0 Å². The van der Waals surface area contributed by atoms with E-state index in [0.717, 1.165) is 44.9 Å². The minimum Gasteiger partial charge on any atom is -0.464 e. The van der Waals surface area contributed by atoms with E-state index >= 15 is 0 Å². The van der Waals surface area contributed by atoms with Gasteiger partial charge in [-0.2, -0.15) is 0 Å². The van der Waals surface area contributed by atoms with Crippen molar-refractivity contribution in [1.29, 1.82) is 0 Å². The minimum absolute atomic E-state index is 0.109. The molecule has 8 nitrogen and oxygen atoms in total. The Hall–Kier alpha value is -2.12. The Labute approximate surface area is 152 Å². The first-order valence-electron chi connectivity index (χ1n) is 10.2. The monoisotopic (exact) mass is 358 g/mol. The van der Waals surface area contributed by atoms with Crippen molar-refractivity contribution in [1.82, 2.24) is 10.2 Å². The molecule has 0 aliphatic carbocycles. The van der Waals surface area contributed by atoms with E-state index < -0.39 is 37.4 Å². The van der Waals surface area contributed by atoms with E-state index in [2.05, 4.69) is 10.3 Å². The average Bonchev–Trinajstić information content (AvgIpc) is 2.58. The van der Waals surface area contributed by atoms with E-state index in [0.29, 0.717) is 17.7 Å². The summed E-state index contributed by atoms with van der Waals surface area (Å²) >= 11 is 0. The molecule has 142 valence electrons. The van der Waals surface area contributed by atoms with Gasteiger partial charge >= 0.3 is 12.1 Å². The van der Waals surface area contributed by atoms with Crippen LogP contribution in [0.1, 0.15) is 68.3 Å². The predicted molar refractivity (Wildman–Crippen MR) is 93.4 cm³/mol. The second-order valence-electron chi connectivity index (χ2n) is 6.00. The Morgan fingerprint density at radius 1 is 1.12 bits per heavy atom. The van der Waals surface area contributed by atoms with Crippen LogP contribution in [-0.2, 0) is 14.3 Å². The van der Waals surface area contributed by atoms with Crippen LogP contribution in [-0.4, -0.2) is 54.1 Å². The molecule has 0 aromatic carbocycles. The van der Waals surface area contributed by atoms with E-state index in [-0.39, 0.29) is 13.0 Å². The Morgan fingerprint density at radius 3 is 2.32 bits per heavy atom. The number of carboxylic acid groups (broad SMARTS) is 1. The second kappa shape index (κ2) is 12.3. The van der Waals surface area contributed by atoms with Gasteiger partial charge in [0.1, 0.15) is 6.54 Å². The fraction of sp³-hybridized carbons (Fsp3) is 0.765. The lowest BCUT2D eigenvalue weighted by atomic mass is 10.1. The summed E-state index contributed by atoms with van der Waals surface area (Å²) in [5, 5.41) is 11.2. The molecule has 1 heterocycles. The summed E-state index contributed by atoms with van der Waals surface area (Å²) < 4.78 is 27.8. The van der Waals surface area contributed by atoms with Gasteiger partial charge in [0.25, 0.3) is 0 Å². The van der Waals surface area contributed by atoms with E-state index in [1.54, 1.807) is 0 Å². The number of rotatable bonds is 0. The van der Waals surface area contributed by atoms with Gasteiger partial charge < -0.3 is 14.7 Å². The molecule has 0 bridgehead atoms. The van der Waals surface area contributed by atoms with Crippen LogP contribution in [0, 0.1) is 0 Å². The molecule has 0 radical (unpaired) electrons. The average molecular weight is 358 g/mol. The number of hydrogen-bond donors (Lipinski definition) is 2. The summed E-state index contributed by atoms with van der Waals surface area (Å²) in [7, 11) is 0. The number of cyclic esters (lactones) is 1. The molecule has 0 unspecified atom stereocenters. The van der Waals surface area contributed by atoms with Crippen molar-refractivity contribution < 1.29 is 28.3 Å². The van der Waals surface area contributed by atoms with E-state index in [1.807, 2.05) is 0 Å². The maximum absolute atomic E-state index is 12.1. The molecular weight excluding hydrogens is 326 g/mol. The van der Waals surface area contributed by atoms with Gasteiger partial charge in [-0.25, -0.2) is 4.79 Å². The first-order valence-corrected chi connectivity index (χ1v) is 8.75. The first-order chi connectivity index (χ1) is 13.2. The van der Waals surface area contributed by atoms with Gasteiger partial charge in [0.2, 0.25) is 11.9 Å². The van der Waals surface area contributed by atoms with Gasteiger partial charge in [-0.05, 0) is 12.8 Å². The van der Waals surface area contributed by atoms with Crippen molar-refractivity contribution in [2.45, 2.75) is 64.2 Å². The number of nitrogens with one attached hydrogen (secondary N) is 1. The molecule has 0 saturated carbocycles. The molecule has 2 N–H and O–H groups in total. The predicted octanol–water partition coefficient (Wildman–Crippen LogP) is 2.53. The summed E-state index contributed by atoms with van der Waals surface area (Å²) in [5.74, 6) is -2.08. The fourth-order valence-corrected chi connectivity index (χ4v) is 2.49. The lowest BCUT2D eigenvalue weighted by molar-refractivity contribution is -0.144. The third kappa shape index (κ3) is 10.4. The van der Waals surface area contributed by atoms with Crippen LogP contribution in [0.25, 0.3) is 0 Å². The first kappa shape index (κ1) is 16.4. The van der Waals surface area contributed by atoms with E-state index in [1.165, 1.54) is 0 Å². The molecule has 2 amide bonds. The highest BCUT2D eigenvalue weighted by atomic mass is 16.5. The molecular formula is C17H29N3O5. The Balaban J connectivity index is 2.93. The van der Waals surface area contributed by atoms with E-state index in [4.69, 9.17) is 14.0 Å². The maximum atomic E-state index is 12.1. The summed E-state index contributed by atoms with van der Waals surface area (Å²) in [5.41, 5.74) is 0. The number of hydrogen-bond acceptors (Lipinski definition) is 4. The number of aliphatic imine (C=N–C) groups is 1. The van der Waals surface area contributed by atoms with Gasteiger partial charge in [0, 0.05) is 17.5 Å². The number of carbonyl (C=O) groups is 3. The van der Waals surface area contributed by atoms with Crippen LogP contribution in [0.15, 0.2) is 4.99 Å². The molecule has 1 aliphatic rings. The maximum Gasteiger partial charge on any atom is 0.434 e. The van der Waals surface area contributed by atoms with Crippen molar-refractivity contribution in [3.8, 4) is 0 Å². The Kier molecular flexibility index (Phi) is 8.03. The van der Waals surface area contributed by atoms with Crippen LogP contribution in [0.5, 0.6) is 0 Å². The number of nitrogens with zero attached hydrogens (tertiary/aromatic N) is 2. The zero-order valence-electron chi connectivity index (χ0n) is 17.5. The van der Waals surface area contributed by atoms with Gasteiger partial charge in [-0.1, -0.05) is 44.9 Å². The number of guanidine groups is 1. The third-order valence-electron chi connectivity index (χ3n) is 3.81. The van der Waals surface area contributed by atoms with Crippen molar-refractivity contribution in [3.05, 3.63) is 0 Å². The van der Waals surface area contributed by atoms with Gasteiger partial charge in [-0.3, -0.25) is 14.9 Å². The molecule has 0 atom stereocenters. The van der Waals surface area contributed by atoms with Crippen molar-refractivity contribution >= 4 is 23.9 Å². The lowest BCUT2D eigenvalue weighted by Gasteiger charge is -2.20. The SMILES string of the molecule is [2H]C([2H])([2H])N1CC(=O)OCCCCCCCCCCCC(=O)N/C1=N/C(=O)O. The molecule has 1 rings (SSSR count). The molecule has 0 spiro atoms. The number of likely N-dealkylation sites (N-methyl/N-ethyl adjacent to an activating group) is 1. The van der Waals surface area contributed by atoms with Crippen molar-refractivity contribution in [3.63, 3.8) is 0 Å². The molecule has 0 aromatic heterocycles. The number of ether oxygens (including phenoxy) is 1. The molecule has 0 aromatic rings. The Morgan fingerprint density at radius 2 is 1.72 bits per heavy atom. The van der Waals surface area contributed by atoms with E-state index in [9.17, 15) is 14.4 Å². The zero-order valence-corrected chi connectivity index (χ0v) is 14.5. The largest absolute Gasteiger partial charge is 0.464 e. The zero-order chi connectivity index (χ0) is 21.0. The van der Waals surface area contributed by atoms with Crippen LogP contribution in [0.2, 0.25) is 0 Å². The smallest absolute Gasteiger partial charge is 0.434 e. The highest BCUT2D eigenvalue weighted by Crippen LogP contribution is 2.11. The molecule has 1 fully saturated rings. The summed E-state index contributed by atoms with van der Waals surface area (Å²) in [6, 6.07) is 0. The number of amides is 2. The molecule has 1 saturated heterocycles. The summed E-state index contributed by atoms with van der Waals surface area (Å²) in [6.07, 6.45) is 6.82. The summed E-state index contributed by atoms with van der Waals surface area (Å²) in [6.45, 7) is -3.48. The number of carbonyl (C=O) groups excluding carboxylic acids is 2. The van der Waals surface area contributed by atoms with Crippen LogP contribution in [0.4, 0.5) is 4.79 Å². The highest BCUT2D eigenvalue weighted by molar-refractivity contribution is 6.01. The van der Waals surface area contributed by atoms with Gasteiger partial charge in [0.05, 0.1) is 6.61 Å². The second-order valence-corrected chi connectivity index (χ2v) is 6.00. The van der Waals surface area contributed by atoms with Crippen LogP contribution >= 0.6 is 0 Å². The topological polar surface area (TPSA) is 108 Å². The quantitative estimate of drug-likeness (QED) is 0.644. The van der Waals surface area contributed by atoms with Crippen molar-refractivity contribution in [2.75, 3.05) is 20.1 Å². The fourth-order valence-electron chi connectivity index (χ4n) is 2.49. The third-order valence-corrected chi connectivity index (χ3v) is 3.81. The molecule has 1 aliphatic heterocycles. The normalized spacial score (nSPS) is 24.1. The van der Waals surface area contributed by atoms with Gasteiger partial charge in [0.15, 0.2) is 0 Å². The van der Waals surface area contributed by atoms with Gasteiger partial charge in [-0.15, -0.1) is 4.99 Å². The standard InChI is InChI=1S/C17H29N3O5/c1-20-13-15(22)25-12-10-8-6-4-2-3-5-7-9-11-14(21)18-16(20)19-17(23)24/h2-13H2,1H3,(H,23,24)(H,18,19,21)/i1D3. The Bertz CT molecular complexity index is 567. The molecule has 25 heavy (non-hydrogen) atoms. The van der Waals surface area contributed by atoms with Crippen LogP contribution < -0.4 is 5.32 Å². The summed E-state index contributed by atoms with van der Waals surface area (Å²) in [4.78, 5) is 38.7. The highest BCUT2D eigenvalue weighted by Gasteiger charge is 2.16.